The maximum Gasteiger partial charge on any atom is 0.253 e. The topological polar surface area (TPSA) is 70.2 Å². The molecule has 1 atom stereocenters. The lowest BCUT2D eigenvalue weighted by Gasteiger charge is -2.31. The molecule has 0 radical (unpaired) electrons. The number of aryl methyl sites for hydroxylation is 2. The third-order valence-electron chi connectivity index (χ3n) is 5.78. The van der Waals surface area contributed by atoms with Crippen LogP contribution in [-0.4, -0.2) is 93.2 Å². The lowest BCUT2D eigenvalue weighted by molar-refractivity contribution is 0.0353. The van der Waals surface area contributed by atoms with E-state index < -0.39 is 10.0 Å². The minimum atomic E-state index is -3.34. The van der Waals surface area contributed by atoms with Crippen molar-refractivity contribution in [2.45, 2.75) is 26.3 Å². The number of carbonyl (C=O) groups is 1. The predicted octanol–water partition coefficient (Wildman–Crippen LogP) is 1.11. The Labute approximate surface area is 168 Å². The first-order valence-corrected chi connectivity index (χ1v) is 11.7. The largest absolute Gasteiger partial charge is 0.379 e. The summed E-state index contributed by atoms with van der Waals surface area (Å²) in [4.78, 5) is 16.9. The number of sulfonamides is 1. The summed E-state index contributed by atoms with van der Waals surface area (Å²) >= 11 is 0. The van der Waals surface area contributed by atoms with Gasteiger partial charge in [0.05, 0.1) is 19.5 Å². The van der Waals surface area contributed by atoms with E-state index in [9.17, 15) is 13.2 Å². The number of likely N-dealkylation sites (tertiary alicyclic amines) is 1. The highest BCUT2D eigenvalue weighted by Crippen LogP contribution is 2.21. The van der Waals surface area contributed by atoms with Crippen molar-refractivity contribution in [3.8, 4) is 0 Å². The molecule has 2 saturated heterocycles. The third kappa shape index (κ3) is 5.11. The fourth-order valence-electron chi connectivity index (χ4n) is 3.90. The van der Waals surface area contributed by atoms with Gasteiger partial charge in [-0.15, -0.1) is 0 Å². The summed E-state index contributed by atoms with van der Waals surface area (Å²) < 4.78 is 31.7. The van der Waals surface area contributed by atoms with Crippen molar-refractivity contribution < 1.29 is 17.9 Å². The van der Waals surface area contributed by atoms with E-state index in [1.807, 2.05) is 32.0 Å². The fourth-order valence-corrected chi connectivity index (χ4v) is 5.03. The number of carbonyl (C=O) groups excluding carboxylic acids is 1. The molecule has 8 heteroatoms. The number of morpholine rings is 1. The smallest absolute Gasteiger partial charge is 0.253 e. The maximum atomic E-state index is 12.9. The monoisotopic (exact) mass is 409 g/mol. The van der Waals surface area contributed by atoms with Crippen LogP contribution in [0.3, 0.4) is 0 Å². The van der Waals surface area contributed by atoms with Gasteiger partial charge in [0.2, 0.25) is 10.0 Å². The van der Waals surface area contributed by atoms with Gasteiger partial charge in [0.1, 0.15) is 0 Å². The average Bonchev–Trinajstić information content (AvgIpc) is 3.13. The summed E-state index contributed by atoms with van der Waals surface area (Å²) in [6.07, 6.45) is 1.94. The van der Waals surface area contributed by atoms with Crippen LogP contribution in [0.5, 0.6) is 0 Å². The van der Waals surface area contributed by atoms with Crippen LogP contribution in [0.25, 0.3) is 0 Å². The Bertz CT molecular complexity index is 806. The van der Waals surface area contributed by atoms with Crippen LogP contribution in [0.1, 0.15) is 27.9 Å². The highest BCUT2D eigenvalue weighted by molar-refractivity contribution is 7.88. The second-order valence-corrected chi connectivity index (χ2v) is 9.76. The van der Waals surface area contributed by atoms with Gasteiger partial charge < -0.3 is 9.64 Å². The van der Waals surface area contributed by atoms with Crippen LogP contribution in [0.4, 0.5) is 0 Å². The van der Waals surface area contributed by atoms with Crippen LogP contribution >= 0.6 is 0 Å². The van der Waals surface area contributed by atoms with Gasteiger partial charge in [-0.05, 0) is 43.5 Å². The molecule has 7 nitrogen and oxygen atoms in total. The van der Waals surface area contributed by atoms with Gasteiger partial charge in [0.25, 0.3) is 5.91 Å². The van der Waals surface area contributed by atoms with Crippen molar-refractivity contribution >= 4 is 15.9 Å². The number of hydrogen-bond donors (Lipinski definition) is 0. The molecule has 0 aliphatic carbocycles. The van der Waals surface area contributed by atoms with Crippen molar-refractivity contribution in [1.29, 1.82) is 0 Å². The number of hydrogen-bond acceptors (Lipinski definition) is 5. The predicted molar refractivity (Wildman–Crippen MR) is 109 cm³/mol. The van der Waals surface area contributed by atoms with Gasteiger partial charge in [-0.25, -0.2) is 8.42 Å². The maximum absolute atomic E-state index is 12.9. The van der Waals surface area contributed by atoms with Gasteiger partial charge >= 0.3 is 0 Å². The van der Waals surface area contributed by atoms with Crippen LogP contribution in [-0.2, 0) is 14.8 Å². The van der Waals surface area contributed by atoms with Gasteiger partial charge in [0, 0.05) is 50.9 Å². The molecule has 0 aromatic heterocycles. The Kier molecular flexibility index (Phi) is 6.75. The molecule has 28 heavy (non-hydrogen) atoms. The molecule has 1 aromatic carbocycles. The Morgan fingerprint density at radius 1 is 1.18 bits per heavy atom. The molecule has 0 spiro atoms. The molecule has 3 rings (SSSR count). The van der Waals surface area contributed by atoms with Crippen molar-refractivity contribution in [3.63, 3.8) is 0 Å². The standard InChI is InChI=1S/C20H31N3O4S/c1-16-4-5-18(14-17(16)2)20(24)22-7-6-19(15-22)23(28(3,25)26)9-8-21-10-12-27-13-11-21/h4-5,14,19H,6-13,15H2,1-3H3. The van der Waals surface area contributed by atoms with Crippen LogP contribution in [0.2, 0.25) is 0 Å². The quantitative estimate of drug-likeness (QED) is 0.704. The third-order valence-corrected chi connectivity index (χ3v) is 7.11. The second kappa shape index (κ2) is 8.90. The zero-order valence-corrected chi connectivity index (χ0v) is 17.9. The summed E-state index contributed by atoms with van der Waals surface area (Å²) in [5.74, 6) is -0.0211. The average molecular weight is 410 g/mol. The van der Waals surface area contributed by atoms with E-state index in [4.69, 9.17) is 4.74 Å². The number of amides is 1. The minimum Gasteiger partial charge on any atom is -0.379 e. The van der Waals surface area contributed by atoms with Crippen LogP contribution in [0.15, 0.2) is 18.2 Å². The Balaban J connectivity index is 1.64. The molecule has 2 heterocycles. The van der Waals surface area contributed by atoms with Gasteiger partial charge in [0.15, 0.2) is 0 Å². The molecule has 0 bridgehead atoms. The van der Waals surface area contributed by atoms with E-state index in [1.165, 1.54) is 6.26 Å². The van der Waals surface area contributed by atoms with Crippen molar-refractivity contribution in [2.24, 2.45) is 0 Å². The lowest BCUT2D eigenvalue weighted by Crippen LogP contribution is -2.47. The van der Waals surface area contributed by atoms with Crippen molar-refractivity contribution in [3.05, 3.63) is 34.9 Å². The summed E-state index contributed by atoms with van der Waals surface area (Å²) in [6, 6.07) is 5.57. The fraction of sp³-hybridized carbons (Fsp3) is 0.650. The van der Waals surface area contributed by atoms with E-state index in [0.29, 0.717) is 51.4 Å². The molecular weight excluding hydrogens is 378 g/mol. The van der Waals surface area contributed by atoms with Crippen LogP contribution < -0.4 is 0 Å². The Morgan fingerprint density at radius 3 is 2.54 bits per heavy atom. The molecular formula is C20H31N3O4S. The first kappa shape index (κ1) is 21.2. The van der Waals surface area contributed by atoms with E-state index in [2.05, 4.69) is 4.90 Å². The van der Waals surface area contributed by atoms with Crippen molar-refractivity contribution in [1.82, 2.24) is 14.1 Å². The molecule has 0 saturated carbocycles. The zero-order valence-electron chi connectivity index (χ0n) is 17.1. The zero-order chi connectivity index (χ0) is 20.3. The van der Waals surface area contributed by atoms with E-state index in [0.717, 1.165) is 24.2 Å². The highest BCUT2D eigenvalue weighted by Gasteiger charge is 2.35. The first-order valence-electron chi connectivity index (χ1n) is 9.89. The van der Waals surface area contributed by atoms with E-state index >= 15 is 0 Å². The summed E-state index contributed by atoms with van der Waals surface area (Å²) in [5.41, 5.74) is 2.91. The number of benzene rings is 1. The normalized spacial score (nSPS) is 21.4. The lowest BCUT2D eigenvalue weighted by atomic mass is 10.1. The highest BCUT2D eigenvalue weighted by atomic mass is 32.2. The Hall–Kier alpha value is -1.48. The molecule has 2 fully saturated rings. The van der Waals surface area contributed by atoms with E-state index in [-0.39, 0.29) is 11.9 Å². The second-order valence-electron chi connectivity index (χ2n) is 7.82. The van der Waals surface area contributed by atoms with Gasteiger partial charge in [-0.1, -0.05) is 6.07 Å². The number of rotatable bonds is 6. The number of ether oxygens (including phenoxy) is 1. The van der Waals surface area contributed by atoms with Gasteiger partial charge in [-0.3, -0.25) is 9.69 Å². The molecule has 1 unspecified atom stereocenters. The number of nitrogens with zero attached hydrogens (tertiary/aromatic N) is 3. The SMILES string of the molecule is Cc1ccc(C(=O)N2CCC(N(CCN3CCOCC3)S(C)(=O)=O)C2)cc1C. The van der Waals surface area contributed by atoms with E-state index in [1.54, 1.807) is 9.21 Å². The molecule has 1 amide bonds. The summed E-state index contributed by atoms with van der Waals surface area (Å²) in [5, 5.41) is 0. The summed E-state index contributed by atoms with van der Waals surface area (Å²) in [6.45, 7) is 9.25. The van der Waals surface area contributed by atoms with Gasteiger partial charge in [-0.2, -0.15) is 4.31 Å². The summed E-state index contributed by atoms with van der Waals surface area (Å²) in [7, 11) is -3.34. The molecule has 2 aliphatic rings. The van der Waals surface area contributed by atoms with Crippen molar-refractivity contribution in [2.75, 3.05) is 58.7 Å². The molecule has 0 N–H and O–H groups in total. The van der Waals surface area contributed by atoms with Crippen LogP contribution in [0, 0.1) is 13.8 Å². The minimum absolute atomic E-state index is 0.0211. The molecule has 2 aliphatic heterocycles. The molecule has 156 valence electrons. The Morgan fingerprint density at radius 2 is 1.89 bits per heavy atom. The first-order chi connectivity index (χ1) is 13.3. The molecule has 1 aromatic rings.